The summed E-state index contributed by atoms with van der Waals surface area (Å²) in [7, 11) is 2.77. The average Bonchev–Trinajstić information content (AvgIpc) is 2.36. The van der Waals surface area contributed by atoms with E-state index in [9.17, 15) is 9.59 Å². The molecule has 0 aromatic carbocycles. The molecule has 92 valence electrons. The minimum Gasteiger partial charge on any atom is -0.469 e. The Labute approximate surface area is 95.7 Å². The lowest BCUT2D eigenvalue weighted by atomic mass is 9.97. The van der Waals surface area contributed by atoms with E-state index in [0.717, 1.165) is 19.4 Å². The van der Waals surface area contributed by atoms with Crippen LogP contribution in [0.5, 0.6) is 0 Å². The van der Waals surface area contributed by atoms with Gasteiger partial charge in [-0.3, -0.25) is 14.5 Å². The van der Waals surface area contributed by atoms with Gasteiger partial charge in [0.05, 0.1) is 20.1 Å². The Bertz CT molecular complexity index is 253. The van der Waals surface area contributed by atoms with E-state index >= 15 is 0 Å². The Morgan fingerprint density at radius 3 is 2.56 bits per heavy atom. The number of esters is 2. The molecule has 1 aliphatic heterocycles. The Morgan fingerprint density at radius 2 is 2.00 bits per heavy atom. The van der Waals surface area contributed by atoms with E-state index in [2.05, 4.69) is 0 Å². The largest absolute Gasteiger partial charge is 0.469 e. The molecule has 0 N–H and O–H groups in total. The first kappa shape index (κ1) is 13.0. The van der Waals surface area contributed by atoms with Crippen molar-refractivity contribution in [3.63, 3.8) is 0 Å². The Morgan fingerprint density at radius 1 is 1.31 bits per heavy atom. The highest BCUT2D eigenvalue weighted by Gasteiger charge is 2.31. The van der Waals surface area contributed by atoms with Crippen molar-refractivity contribution in [2.75, 3.05) is 27.3 Å². The first-order chi connectivity index (χ1) is 7.60. The van der Waals surface area contributed by atoms with E-state index in [1.807, 2.05) is 4.90 Å². The minimum absolute atomic E-state index is 0.120. The van der Waals surface area contributed by atoms with Crippen LogP contribution in [0.2, 0.25) is 0 Å². The van der Waals surface area contributed by atoms with Crippen LogP contribution in [-0.2, 0) is 19.1 Å². The van der Waals surface area contributed by atoms with Crippen LogP contribution in [0.25, 0.3) is 0 Å². The standard InChI is InChI=1S/C11H19NO4/c1-8(10(13)15-2)12-6-4-5-9(7-12)11(14)16-3/h8-9H,4-7H2,1-3H3. The zero-order chi connectivity index (χ0) is 12.1. The Hall–Kier alpha value is -1.10. The molecule has 1 fully saturated rings. The second-order valence-corrected chi connectivity index (χ2v) is 4.06. The summed E-state index contributed by atoms with van der Waals surface area (Å²) in [5, 5.41) is 0. The molecule has 0 radical (unpaired) electrons. The van der Waals surface area contributed by atoms with E-state index in [1.165, 1.54) is 14.2 Å². The molecule has 5 nitrogen and oxygen atoms in total. The molecule has 0 spiro atoms. The molecule has 2 atom stereocenters. The van der Waals surface area contributed by atoms with Crippen LogP contribution >= 0.6 is 0 Å². The van der Waals surface area contributed by atoms with Gasteiger partial charge in [-0.15, -0.1) is 0 Å². The van der Waals surface area contributed by atoms with Gasteiger partial charge in [0.1, 0.15) is 6.04 Å². The molecule has 1 aliphatic rings. The van der Waals surface area contributed by atoms with Gasteiger partial charge in [0.2, 0.25) is 0 Å². The number of rotatable bonds is 3. The van der Waals surface area contributed by atoms with Gasteiger partial charge in [0.25, 0.3) is 0 Å². The van der Waals surface area contributed by atoms with Gasteiger partial charge in [-0.2, -0.15) is 0 Å². The molecule has 0 aromatic heterocycles. The zero-order valence-electron chi connectivity index (χ0n) is 10.1. The predicted octanol–water partition coefficient (Wildman–Crippen LogP) is 0.433. The highest BCUT2D eigenvalue weighted by Crippen LogP contribution is 2.19. The summed E-state index contributed by atoms with van der Waals surface area (Å²) >= 11 is 0. The molecule has 0 saturated carbocycles. The van der Waals surface area contributed by atoms with Gasteiger partial charge in [0.15, 0.2) is 0 Å². The van der Waals surface area contributed by atoms with Crippen LogP contribution in [-0.4, -0.2) is 50.2 Å². The van der Waals surface area contributed by atoms with E-state index in [1.54, 1.807) is 6.92 Å². The monoisotopic (exact) mass is 229 g/mol. The van der Waals surface area contributed by atoms with E-state index in [-0.39, 0.29) is 23.9 Å². The third kappa shape index (κ3) is 2.95. The van der Waals surface area contributed by atoms with Gasteiger partial charge in [-0.25, -0.2) is 0 Å². The van der Waals surface area contributed by atoms with Crippen LogP contribution in [0.15, 0.2) is 0 Å². The number of carbonyl (C=O) groups excluding carboxylic acids is 2. The van der Waals surface area contributed by atoms with Gasteiger partial charge in [0, 0.05) is 6.54 Å². The quantitative estimate of drug-likeness (QED) is 0.657. The van der Waals surface area contributed by atoms with Crippen molar-refractivity contribution in [1.29, 1.82) is 0 Å². The van der Waals surface area contributed by atoms with Crippen molar-refractivity contribution in [1.82, 2.24) is 4.90 Å². The number of hydrogen-bond acceptors (Lipinski definition) is 5. The topological polar surface area (TPSA) is 55.8 Å². The summed E-state index contributed by atoms with van der Waals surface area (Å²) in [6, 6.07) is -0.294. The molecule has 0 aromatic rings. The van der Waals surface area contributed by atoms with E-state index < -0.39 is 0 Å². The predicted molar refractivity (Wildman–Crippen MR) is 57.8 cm³/mol. The Kier molecular flexibility index (Phi) is 4.73. The number of piperidine rings is 1. The fraction of sp³-hybridized carbons (Fsp3) is 0.818. The van der Waals surface area contributed by atoms with Gasteiger partial charge in [-0.05, 0) is 26.3 Å². The van der Waals surface area contributed by atoms with Crippen LogP contribution in [0.4, 0.5) is 0 Å². The van der Waals surface area contributed by atoms with Gasteiger partial charge in [-0.1, -0.05) is 0 Å². The summed E-state index contributed by atoms with van der Waals surface area (Å²) in [5.74, 6) is -0.571. The number of likely N-dealkylation sites (tertiary alicyclic amines) is 1. The zero-order valence-corrected chi connectivity index (χ0v) is 10.1. The first-order valence-electron chi connectivity index (χ1n) is 5.49. The molecule has 16 heavy (non-hydrogen) atoms. The molecule has 5 heteroatoms. The van der Waals surface area contributed by atoms with Crippen molar-refractivity contribution >= 4 is 11.9 Å². The summed E-state index contributed by atoms with van der Waals surface area (Å²) in [4.78, 5) is 24.8. The van der Waals surface area contributed by atoms with Crippen molar-refractivity contribution in [3.8, 4) is 0 Å². The smallest absolute Gasteiger partial charge is 0.322 e. The number of ether oxygens (including phenoxy) is 2. The second kappa shape index (κ2) is 5.84. The number of hydrogen-bond donors (Lipinski definition) is 0. The SMILES string of the molecule is COC(=O)C1CCCN(C(C)C(=O)OC)C1. The molecular weight excluding hydrogens is 210 g/mol. The maximum absolute atomic E-state index is 11.4. The lowest BCUT2D eigenvalue weighted by Gasteiger charge is -2.34. The van der Waals surface area contributed by atoms with E-state index in [4.69, 9.17) is 9.47 Å². The van der Waals surface area contributed by atoms with Crippen LogP contribution in [0.3, 0.4) is 0 Å². The van der Waals surface area contributed by atoms with E-state index in [0.29, 0.717) is 6.54 Å². The average molecular weight is 229 g/mol. The lowest BCUT2D eigenvalue weighted by Crippen LogP contribution is -2.47. The Balaban J connectivity index is 2.56. The van der Waals surface area contributed by atoms with Crippen molar-refractivity contribution in [2.45, 2.75) is 25.8 Å². The minimum atomic E-state index is -0.294. The summed E-state index contributed by atoms with van der Waals surface area (Å²) < 4.78 is 9.41. The number of nitrogens with zero attached hydrogens (tertiary/aromatic N) is 1. The summed E-state index contributed by atoms with van der Waals surface area (Å²) in [5.41, 5.74) is 0. The fourth-order valence-electron chi connectivity index (χ4n) is 2.04. The molecule has 0 aliphatic carbocycles. The maximum atomic E-state index is 11.4. The highest BCUT2D eigenvalue weighted by atomic mass is 16.5. The number of carbonyl (C=O) groups is 2. The lowest BCUT2D eigenvalue weighted by molar-refractivity contribution is -0.152. The van der Waals surface area contributed by atoms with Crippen molar-refractivity contribution in [2.24, 2.45) is 5.92 Å². The van der Waals surface area contributed by atoms with Crippen molar-refractivity contribution < 1.29 is 19.1 Å². The molecule has 2 unspecified atom stereocenters. The summed E-state index contributed by atoms with van der Waals surface area (Å²) in [6.07, 6.45) is 1.73. The highest BCUT2D eigenvalue weighted by molar-refractivity contribution is 5.76. The molecule has 1 rings (SSSR count). The van der Waals surface area contributed by atoms with Crippen LogP contribution in [0.1, 0.15) is 19.8 Å². The van der Waals surface area contributed by atoms with Gasteiger partial charge < -0.3 is 9.47 Å². The molecule has 0 amide bonds. The maximum Gasteiger partial charge on any atom is 0.322 e. The summed E-state index contributed by atoms with van der Waals surface area (Å²) in [6.45, 7) is 3.19. The molecule has 1 saturated heterocycles. The normalized spacial score (nSPS) is 23.6. The molecule has 0 bridgehead atoms. The second-order valence-electron chi connectivity index (χ2n) is 4.06. The van der Waals surface area contributed by atoms with Crippen LogP contribution < -0.4 is 0 Å². The molecular formula is C11H19NO4. The third-order valence-corrected chi connectivity index (χ3v) is 3.08. The first-order valence-corrected chi connectivity index (χ1v) is 5.49. The van der Waals surface area contributed by atoms with Crippen molar-refractivity contribution in [3.05, 3.63) is 0 Å². The molecule has 1 heterocycles. The fourth-order valence-corrected chi connectivity index (χ4v) is 2.04. The van der Waals surface area contributed by atoms with Gasteiger partial charge >= 0.3 is 11.9 Å². The van der Waals surface area contributed by atoms with Crippen LogP contribution in [0, 0.1) is 5.92 Å². The number of methoxy groups -OCH3 is 2. The third-order valence-electron chi connectivity index (χ3n) is 3.08.